The third-order valence-electron chi connectivity index (χ3n) is 3.47. The maximum atomic E-state index is 11.9. The molecule has 1 atom stereocenters. The number of fused-ring (bicyclic) bond motifs is 1. The van der Waals surface area contributed by atoms with E-state index in [1.165, 1.54) is 6.08 Å². The first-order valence-electron chi connectivity index (χ1n) is 7.18. The highest BCUT2D eigenvalue weighted by Crippen LogP contribution is 2.19. The number of nitrogens with one attached hydrogen (secondary N) is 1. The van der Waals surface area contributed by atoms with Crippen LogP contribution in [-0.4, -0.2) is 23.0 Å². The van der Waals surface area contributed by atoms with E-state index in [-0.39, 0.29) is 5.92 Å². The number of aliphatic carboxylic acids is 1. The molecule has 0 unspecified atom stereocenters. The van der Waals surface area contributed by atoms with Gasteiger partial charge in [-0.25, -0.2) is 4.79 Å². The van der Waals surface area contributed by atoms with Gasteiger partial charge in [-0.05, 0) is 28.3 Å². The molecule has 0 aromatic heterocycles. The Labute approximate surface area is 129 Å². The summed E-state index contributed by atoms with van der Waals surface area (Å²) in [7, 11) is 0. The van der Waals surface area contributed by atoms with Gasteiger partial charge in [-0.2, -0.15) is 0 Å². The number of benzene rings is 2. The number of carbonyl (C=O) groups is 2. The van der Waals surface area contributed by atoms with E-state index in [1.54, 1.807) is 19.9 Å². The SMILES string of the molecule is CC(C)[C@@H](NC(=O)/C=C/c1cccc2ccccc12)C(=O)O. The highest BCUT2D eigenvalue weighted by molar-refractivity contribution is 5.98. The number of rotatable bonds is 5. The largest absolute Gasteiger partial charge is 0.480 e. The van der Waals surface area contributed by atoms with Crippen molar-refractivity contribution in [1.82, 2.24) is 5.32 Å². The van der Waals surface area contributed by atoms with Crippen molar-refractivity contribution in [1.29, 1.82) is 0 Å². The predicted octanol–water partition coefficient (Wildman–Crippen LogP) is 3.08. The van der Waals surface area contributed by atoms with Gasteiger partial charge in [0, 0.05) is 6.08 Å². The molecule has 2 rings (SSSR count). The fourth-order valence-corrected chi connectivity index (χ4v) is 2.28. The highest BCUT2D eigenvalue weighted by atomic mass is 16.4. The van der Waals surface area contributed by atoms with Crippen molar-refractivity contribution in [2.45, 2.75) is 19.9 Å². The fourth-order valence-electron chi connectivity index (χ4n) is 2.28. The summed E-state index contributed by atoms with van der Waals surface area (Å²) in [5.74, 6) is -1.61. The van der Waals surface area contributed by atoms with Crippen molar-refractivity contribution in [2.75, 3.05) is 0 Å². The highest BCUT2D eigenvalue weighted by Gasteiger charge is 2.22. The minimum atomic E-state index is -1.03. The molecular weight excluding hydrogens is 278 g/mol. The number of amides is 1. The van der Waals surface area contributed by atoms with E-state index < -0.39 is 17.9 Å². The van der Waals surface area contributed by atoms with Gasteiger partial charge >= 0.3 is 5.97 Å². The van der Waals surface area contributed by atoms with Gasteiger partial charge < -0.3 is 10.4 Å². The van der Waals surface area contributed by atoms with Gasteiger partial charge in [0.1, 0.15) is 6.04 Å². The van der Waals surface area contributed by atoms with Crippen LogP contribution < -0.4 is 5.32 Å². The Morgan fingerprint density at radius 1 is 1.09 bits per heavy atom. The number of hydrogen-bond acceptors (Lipinski definition) is 2. The monoisotopic (exact) mass is 297 g/mol. The molecule has 4 heteroatoms. The molecule has 2 N–H and O–H groups in total. The topological polar surface area (TPSA) is 66.4 Å². The predicted molar refractivity (Wildman–Crippen MR) is 87.4 cm³/mol. The molecular formula is C18H19NO3. The quantitative estimate of drug-likeness (QED) is 0.833. The molecule has 22 heavy (non-hydrogen) atoms. The van der Waals surface area contributed by atoms with Crippen molar-refractivity contribution >= 4 is 28.7 Å². The van der Waals surface area contributed by atoms with E-state index in [1.807, 2.05) is 42.5 Å². The molecule has 0 aliphatic heterocycles. The molecule has 4 nitrogen and oxygen atoms in total. The smallest absolute Gasteiger partial charge is 0.326 e. The van der Waals surface area contributed by atoms with Gasteiger partial charge in [0.25, 0.3) is 0 Å². The first-order chi connectivity index (χ1) is 10.5. The van der Waals surface area contributed by atoms with Crippen LogP contribution in [0, 0.1) is 5.92 Å². The third kappa shape index (κ3) is 3.73. The zero-order valence-electron chi connectivity index (χ0n) is 12.6. The standard InChI is InChI=1S/C18H19NO3/c1-12(2)17(18(21)22)19-16(20)11-10-14-8-5-7-13-6-3-4-9-15(13)14/h3-12,17H,1-2H3,(H,19,20)(H,21,22)/b11-10+/t17-/m1/s1. The molecule has 2 aromatic carbocycles. The second-order valence-electron chi connectivity index (χ2n) is 5.47. The summed E-state index contributed by atoms with van der Waals surface area (Å²) in [4.78, 5) is 23.0. The van der Waals surface area contributed by atoms with Crippen molar-refractivity contribution in [3.8, 4) is 0 Å². The molecule has 114 valence electrons. The maximum Gasteiger partial charge on any atom is 0.326 e. The molecule has 0 aliphatic carbocycles. The van der Waals surface area contributed by atoms with Crippen molar-refractivity contribution in [3.63, 3.8) is 0 Å². The summed E-state index contributed by atoms with van der Waals surface area (Å²) >= 11 is 0. The van der Waals surface area contributed by atoms with Gasteiger partial charge in [0.2, 0.25) is 5.91 Å². The Morgan fingerprint density at radius 3 is 2.45 bits per heavy atom. The van der Waals surface area contributed by atoms with Crippen molar-refractivity contribution < 1.29 is 14.7 Å². The first kappa shape index (κ1) is 15.8. The minimum absolute atomic E-state index is 0.174. The Morgan fingerprint density at radius 2 is 1.77 bits per heavy atom. The molecule has 0 heterocycles. The lowest BCUT2D eigenvalue weighted by atomic mass is 10.0. The summed E-state index contributed by atoms with van der Waals surface area (Å²) in [6, 6.07) is 12.9. The van der Waals surface area contributed by atoms with Crippen LogP contribution in [0.2, 0.25) is 0 Å². The Bertz CT molecular complexity index is 714. The van der Waals surface area contributed by atoms with Crippen LogP contribution in [0.25, 0.3) is 16.8 Å². The minimum Gasteiger partial charge on any atom is -0.480 e. The van der Waals surface area contributed by atoms with Crippen molar-refractivity contribution in [3.05, 3.63) is 54.1 Å². The lowest BCUT2D eigenvalue weighted by Crippen LogP contribution is -2.43. The molecule has 2 aromatic rings. The third-order valence-corrected chi connectivity index (χ3v) is 3.47. The van der Waals surface area contributed by atoms with E-state index in [4.69, 9.17) is 5.11 Å². The molecule has 0 saturated heterocycles. The number of carbonyl (C=O) groups excluding carboxylic acids is 1. The normalized spacial score (nSPS) is 12.7. The molecule has 0 saturated carbocycles. The number of hydrogen-bond donors (Lipinski definition) is 2. The van der Waals surface area contributed by atoms with Gasteiger partial charge in [0.15, 0.2) is 0 Å². The molecule has 0 fully saturated rings. The van der Waals surface area contributed by atoms with Crippen LogP contribution in [0.15, 0.2) is 48.5 Å². The number of carboxylic acids is 1. The van der Waals surface area contributed by atoms with Gasteiger partial charge in [-0.1, -0.05) is 56.3 Å². The van der Waals surface area contributed by atoms with Crippen LogP contribution in [0.5, 0.6) is 0 Å². The van der Waals surface area contributed by atoms with Crippen LogP contribution in [0.3, 0.4) is 0 Å². The molecule has 1 amide bonds. The summed E-state index contributed by atoms with van der Waals surface area (Å²) in [5, 5.41) is 13.7. The first-order valence-corrected chi connectivity index (χ1v) is 7.18. The molecule has 0 aliphatic rings. The van der Waals surface area contributed by atoms with Crippen LogP contribution in [0.1, 0.15) is 19.4 Å². The zero-order chi connectivity index (χ0) is 16.1. The van der Waals surface area contributed by atoms with E-state index in [0.29, 0.717) is 0 Å². The van der Waals surface area contributed by atoms with Crippen LogP contribution in [0.4, 0.5) is 0 Å². The van der Waals surface area contributed by atoms with Gasteiger partial charge in [-0.15, -0.1) is 0 Å². The average Bonchev–Trinajstić information content (AvgIpc) is 2.49. The Balaban J connectivity index is 2.17. The van der Waals surface area contributed by atoms with Crippen LogP contribution >= 0.6 is 0 Å². The fraction of sp³-hybridized carbons (Fsp3) is 0.222. The summed E-state index contributed by atoms with van der Waals surface area (Å²) < 4.78 is 0. The van der Waals surface area contributed by atoms with Gasteiger partial charge in [0.05, 0.1) is 0 Å². The lowest BCUT2D eigenvalue weighted by molar-refractivity contribution is -0.142. The molecule has 0 bridgehead atoms. The molecule has 0 radical (unpaired) electrons. The average molecular weight is 297 g/mol. The summed E-state index contributed by atoms with van der Waals surface area (Å²) in [6.45, 7) is 3.51. The van der Waals surface area contributed by atoms with Crippen molar-refractivity contribution in [2.24, 2.45) is 5.92 Å². The summed E-state index contributed by atoms with van der Waals surface area (Å²) in [6.07, 6.45) is 3.08. The second kappa shape index (κ2) is 6.89. The van der Waals surface area contributed by atoms with E-state index >= 15 is 0 Å². The van der Waals surface area contributed by atoms with E-state index in [0.717, 1.165) is 16.3 Å². The Kier molecular flexibility index (Phi) is 4.94. The Hall–Kier alpha value is -2.62. The summed E-state index contributed by atoms with van der Waals surface area (Å²) in [5.41, 5.74) is 0.921. The zero-order valence-corrected chi connectivity index (χ0v) is 12.6. The van der Waals surface area contributed by atoms with Crippen LogP contribution in [-0.2, 0) is 9.59 Å². The number of carboxylic acid groups (broad SMARTS) is 1. The van der Waals surface area contributed by atoms with E-state index in [9.17, 15) is 9.59 Å². The lowest BCUT2D eigenvalue weighted by Gasteiger charge is -2.16. The van der Waals surface area contributed by atoms with E-state index in [2.05, 4.69) is 5.32 Å². The van der Waals surface area contributed by atoms with Gasteiger partial charge in [-0.3, -0.25) is 4.79 Å². The second-order valence-corrected chi connectivity index (χ2v) is 5.47. The molecule has 0 spiro atoms. The maximum absolute atomic E-state index is 11.9.